The molecule has 0 saturated heterocycles. The van der Waals surface area contributed by atoms with Crippen LogP contribution >= 0.6 is 0 Å². The van der Waals surface area contributed by atoms with Gasteiger partial charge in [-0.25, -0.2) is 4.79 Å². The molecule has 26 heavy (non-hydrogen) atoms. The predicted molar refractivity (Wildman–Crippen MR) is 99.8 cm³/mol. The summed E-state index contributed by atoms with van der Waals surface area (Å²) in [7, 11) is 0. The molecular formula is C20H22N4O2. The minimum atomic E-state index is -0.925. The molecule has 0 amide bonds. The molecule has 3 N–H and O–H groups in total. The van der Waals surface area contributed by atoms with Gasteiger partial charge in [-0.3, -0.25) is 0 Å². The molecule has 0 radical (unpaired) electrons. The molecule has 0 atom stereocenters. The van der Waals surface area contributed by atoms with E-state index < -0.39 is 5.97 Å². The smallest absolute Gasteiger partial charge is 0.336 e. The van der Waals surface area contributed by atoms with Gasteiger partial charge in [0.2, 0.25) is 0 Å². The summed E-state index contributed by atoms with van der Waals surface area (Å²) >= 11 is 0. The molecule has 1 aromatic heterocycles. The Kier molecular flexibility index (Phi) is 5.43. The zero-order valence-electron chi connectivity index (χ0n) is 14.7. The second-order valence-electron chi connectivity index (χ2n) is 6.12. The monoisotopic (exact) mass is 350 g/mol. The summed E-state index contributed by atoms with van der Waals surface area (Å²) in [6.45, 7) is 3.10. The summed E-state index contributed by atoms with van der Waals surface area (Å²) < 4.78 is 2.06. The Balaban J connectivity index is 1.88. The van der Waals surface area contributed by atoms with E-state index in [1.54, 1.807) is 12.1 Å². The van der Waals surface area contributed by atoms with E-state index in [0.29, 0.717) is 24.2 Å². The fraction of sp³-hybridized carbons (Fsp3) is 0.250. The Morgan fingerprint density at radius 1 is 1.08 bits per heavy atom. The maximum atomic E-state index is 11.4. The number of carbonyl (C=O) groups is 1. The number of aromatic nitrogens is 3. The minimum absolute atomic E-state index is 0.301. The lowest BCUT2D eigenvalue weighted by Gasteiger charge is -2.11. The summed E-state index contributed by atoms with van der Waals surface area (Å²) in [5, 5.41) is 17.8. The Hall–Kier alpha value is -2.99. The Labute approximate surface area is 152 Å². The van der Waals surface area contributed by atoms with Crippen molar-refractivity contribution in [1.29, 1.82) is 0 Å². The zero-order chi connectivity index (χ0) is 18.5. The quantitative estimate of drug-likeness (QED) is 0.683. The van der Waals surface area contributed by atoms with Crippen LogP contribution in [-0.4, -0.2) is 25.8 Å². The van der Waals surface area contributed by atoms with Crippen LogP contribution in [0.3, 0.4) is 0 Å². The molecular weight excluding hydrogens is 328 g/mol. The van der Waals surface area contributed by atoms with Gasteiger partial charge >= 0.3 is 5.97 Å². The van der Waals surface area contributed by atoms with E-state index in [1.165, 1.54) is 0 Å². The van der Waals surface area contributed by atoms with E-state index in [1.807, 2.05) is 36.4 Å². The topological polar surface area (TPSA) is 94.0 Å². The van der Waals surface area contributed by atoms with Crippen molar-refractivity contribution in [2.75, 3.05) is 0 Å². The van der Waals surface area contributed by atoms with Crippen molar-refractivity contribution in [3.05, 3.63) is 71.3 Å². The maximum Gasteiger partial charge on any atom is 0.336 e. The Bertz CT molecular complexity index is 900. The molecule has 0 aliphatic carbocycles. The van der Waals surface area contributed by atoms with Gasteiger partial charge in [-0.15, -0.1) is 10.2 Å². The average Bonchev–Trinajstić information content (AvgIpc) is 3.04. The number of aromatic carboxylic acids is 1. The van der Waals surface area contributed by atoms with Crippen LogP contribution in [0.1, 0.15) is 40.9 Å². The predicted octanol–water partition coefficient (Wildman–Crippen LogP) is 3.10. The van der Waals surface area contributed by atoms with Crippen LogP contribution in [0.4, 0.5) is 0 Å². The molecule has 3 aromatic rings. The molecule has 134 valence electrons. The van der Waals surface area contributed by atoms with E-state index in [-0.39, 0.29) is 0 Å². The molecule has 3 rings (SSSR count). The van der Waals surface area contributed by atoms with E-state index >= 15 is 0 Å². The lowest BCUT2D eigenvalue weighted by molar-refractivity contribution is 0.0697. The Morgan fingerprint density at radius 3 is 2.42 bits per heavy atom. The Morgan fingerprint density at radius 2 is 1.77 bits per heavy atom. The van der Waals surface area contributed by atoms with Gasteiger partial charge in [-0.2, -0.15) is 0 Å². The molecule has 1 heterocycles. The third-order valence-electron chi connectivity index (χ3n) is 4.32. The zero-order valence-corrected chi connectivity index (χ0v) is 14.7. The summed E-state index contributed by atoms with van der Waals surface area (Å²) in [5.41, 5.74) is 8.76. The molecule has 0 spiro atoms. The fourth-order valence-electron chi connectivity index (χ4n) is 3.01. The highest BCUT2D eigenvalue weighted by Crippen LogP contribution is 2.24. The molecule has 6 heteroatoms. The van der Waals surface area contributed by atoms with E-state index in [2.05, 4.69) is 21.7 Å². The van der Waals surface area contributed by atoms with Crippen LogP contribution in [0.15, 0.2) is 48.5 Å². The number of benzene rings is 2. The van der Waals surface area contributed by atoms with Gasteiger partial charge in [0.25, 0.3) is 0 Å². The molecule has 0 saturated carbocycles. The van der Waals surface area contributed by atoms with Gasteiger partial charge in [0.15, 0.2) is 0 Å². The lowest BCUT2D eigenvalue weighted by atomic mass is 9.99. The number of aryl methyl sites for hydroxylation is 1. The normalized spacial score (nSPS) is 10.8. The molecule has 0 bridgehead atoms. The molecule has 2 aromatic carbocycles. The average molecular weight is 350 g/mol. The minimum Gasteiger partial charge on any atom is -0.478 e. The van der Waals surface area contributed by atoms with Gasteiger partial charge in [0.1, 0.15) is 11.6 Å². The summed E-state index contributed by atoms with van der Waals surface area (Å²) in [5.74, 6) is 0.785. The molecule has 0 aliphatic heterocycles. The van der Waals surface area contributed by atoms with E-state index in [0.717, 1.165) is 35.6 Å². The van der Waals surface area contributed by atoms with Crippen molar-refractivity contribution in [3.63, 3.8) is 0 Å². The van der Waals surface area contributed by atoms with Crippen molar-refractivity contribution in [2.45, 2.75) is 32.9 Å². The second-order valence-corrected chi connectivity index (χ2v) is 6.12. The fourth-order valence-corrected chi connectivity index (χ4v) is 3.01. The highest BCUT2D eigenvalue weighted by atomic mass is 16.4. The SMILES string of the molecule is CCCc1nnc(CN)n1Cc1ccc(-c2ccccc2C(=O)O)cc1. The van der Waals surface area contributed by atoms with Crippen molar-refractivity contribution >= 4 is 5.97 Å². The van der Waals surface area contributed by atoms with Crippen LogP contribution in [0, 0.1) is 0 Å². The summed E-state index contributed by atoms with van der Waals surface area (Å²) in [6, 6.07) is 14.9. The molecule has 6 nitrogen and oxygen atoms in total. The molecule has 0 unspecified atom stereocenters. The van der Waals surface area contributed by atoms with Crippen LogP contribution in [0.25, 0.3) is 11.1 Å². The summed E-state index contributed by atoms with van der Waals surface area (Å²) in [6.07, 6.45) is 1.85. The molecule has 0 aliphatic rings. The highest BCUT2D eigenvalue weighted by Gasteiger charge is 2.12. The van der Waals surface area contributed by atoms with Crippen molar-refractivity contribution in [2.24, 2.45) is 5.73 Å². The van der Waals surface area contributed by atoms with Crippen LogP contribution in [0.5, 0.6) is 0 Å². The van der Waals surface area contributed by atoms with Gasteiger partial charge in [0, 0.05) is 6.42 Å². The third kappa shape index (κ3) is 3.65. The summed E-state index contributed by atoms with van der Waals surface area (Å²) in [4.78, 5) is 11.4. The first-order valence-corrected chi connectivity index (χ1v) is 8.66. The van der Waals surface area contributed by atoms with E-state index in [4.69, 9.17) is 5.73 Å². The van der Waals surface area contributed by atoms with Crippen LogP contribution < -0.4 is 5.73 Å². The third-order valence-corrected chi connectivity index (χ3v) is 4.32. The largest absolute Gasteiger partial charge is 0.478 e. The highest BCUT2D eigenvalue weighted by molar-refractivity contribution is 5.95. The van der Waals surface area contributed by atoms with Crippen LogP contribution in [0.2, 0.25) is 0 Å². The van der Waals surface area contributed by atoms with Gasteiger partial charge in [-0.05, 0) is 29.2 Å². The van der Waals surface area contributed by atoms with Gasteiger partial charge in [0.05, 0.1) is 18.7 Å². The van der Waals surface area contributed by atoms with Gasteiger partial charge in [-0.1, -0.05) is 49.4 Å². The van der Waals surface area contributed by atoms with E-state index in [9.17, 15) is 9.90 Å². The van der Waals surface area contributed by atoms with Crippen molar-refractivity contribution < 1.29 is 9.90 Å². The van der Waals surface area contributed by atoms with Crippen LogP contribution in [-0.2, 0) is 19.5 Å². The second kappa shape index (κ2) is 7.93. The van der Waals surface area contributed by atoms with Crippen molar-refractivity contribution in [3.8, 4) is 11.1 Å². The number of rotatable bonds is 7. The standard InChI is InChI=1S/C20H22N4O2/c1-2-5-18-22-23-19(12-21)24(18)13-14-8-10-15(11-9-14)16-6-3-4-7-17(16)20(25)26/h3-4,6-11H,2,5,12-13,21H2,1H3,(H,25,26). The number of carboxylic acid groups (broad SMARTS) is 1. The first-order valence-electron chi connectivity index (χ1n) is 8.66. The number of hydrogen-bond donors (Lipinski definition) is 2. The number of carboxylic acids is 1. The molecule has 0 fully saturated rings. The number of nitrogens with two attached hydrogens (primary N) is 1. The number of nitrogens with zero attached hydrogens (tertiary/aromatic N) is 3. The first kappa shape index (κ1) is 17.8. The van der Waals surface area contributed by atoms with Gasteiger partial charge < -0.3 is 15.4 Å². The maximum absolute atomic E-state index is 11.4. The lowest BCUT2D eigenvalue weighted by Crippen LogP contribution is -2.12. The van der Waals surface area contributed by atoms with Crippen molar-refractivity contribution in [1.82, 2.24) is 14.8 Å². The first-order chi connectivity index (χ1) is 12.6. The number of hydrogen-bond acceptors (Lipinski definition) is 4.